The molecule has 0 saturated carbocycles. The van der Waals surface area contributed by atoms with Crippen molar-refractivity contribution in [2.45, 2.75) is 4.90 Å². The summed E-state index contributed by atoms with van der Waals surface area (Å²) in [5.41, 5.74) is -2.23. The molecule has 0 amide bonds. The molecule has 0 spiro atoms. The summed E-state index contributed by atoms with van der Waals surface area (Å²) in [5, 5.41) is 32.5. The molecule has 1 aromatic rings. The van der Waals surface area contributed by atoms with E-state index in [1.54, 1.807) is 0 Å². The first kappa shape index (κ1) is 14.2. The number of hydrogen-bond acceptors (Lipinski definition) is 6. The van der Waals surface area contributed by atoms with Crippen molar-refractivity contribution < 1.29 is 28.3 Å². The summed E-state index contributed by atoms with van der Waals surface area (Å²) >= 11 is 5.42. The molecule has 0 heterocycles. The Morgan fingerprint density at radius 3 is 2.33 bits per heavy atom. The minimum Gasteiger partial charge on any atom is -0.501 e. The van der Waals surface area contributed by atoms with Crippen LogP contribution in [-0.4, -0.2) is 29.5 Å². The van der Waals surface area contributed by atoms with Crippen LogP contribution in [0.5, 0.6) is 5.75 Å². The van der Waals surface area contributed by atoms with Crippen molar-refractivity contribution in [2.75, 3.05) is 0 Å². The number of rotatable bonds is 3. The van der Waals surface area contributed by atoms with Crippen molar-refractivity contribution in [3.8, 4) is 5.75 Å². The van der Waals surface area contributed by atoms with Crippen LogP contribution in [-0.2, 0) is 10.0 Å². The highest BCUT2D eigenvalue weighted by Crippen LogP contribution is 2.40. The Morgan fingerprint density at radius 1 is 1.50 bits per heavy atom. The van der Waals surface area contributed by atoms with Gasteiger partial charge in [0.05, 0.1) is 4.92 Å². The number of phenols is 1. The normalized spacial score (nSPS) is 11.2. The van der Waals surface area contributed by atoms with Crippen molar-refractivity contribution in [1.82, 2.24) is 0 Å². The third kappa shape index (κ3) is 2.34. The van der Waals surface area contributed by atoms with Gasteiger partial charge in [-0.2, -0.15) is 0 Å². The maximum Gasteiger partial charge on any atom is 0.339 e. The molecule has 11 heteroatoms. The molecule has 1 rings (SSSR count). The molecule has 9 nitrogen and oxygen atoms in total. The number of hydrogen-bond donors (Lipinski definition) is 3. The lowest BCUT2D eigenvalue weighted by molar-refractivity contribution is -0.385. The van der Waals surface area contributed by atoms with Gasteiger partial charge in [-0.15, -0.1) is 0 Å². The van der Waals surface area contributed by atoms with Crippen molar-refractivity contribution in [3.63, 3.8) is 0 Å². The average Bonchev–Trinajstić information content (AvgIpc) is 2.13. The molecule has 0 aromatic heterocycles. The van der Waals surface area contributed by atoms with Crippen LogP contribution in [0.3, 0.4) is 0 Å². The highest BCUT2D eigenvalue weighted by Gasteiger charge is 2.31. The number of sulfonamides is 1. The number of carboxylic acids is 1. The Hall–Kier alpha value is -1.91. The maximum atomic E-state index is 11.1. The van der Waals surface area contributed by atoms with Crippen LogP contribution in [0.4, 0.5) is 5.69 Å². The number of benzene rings is 1. The van der Waals surface area contributed by atoms with E-state index in [0.717, 1.165) is 0 Å². The highest BCUT2D eigenvalue weighted by atomic mass is 35.5. The van der Waals surface area contributed by atoms with Gasteiger partial charge in [-0.25, -0.2) is 18.4 Å². The van der Waals surface area contributed by atoms with Gasteiger partial charge in [0.1, 0.15) is 15.5 Å². The van der Waals surface area contributed by atoms with Crippen molar-refractivity contribution >= 4 is 33.3 Å². The number of nitro benzene ring substituents is 1. The highest BCUT2D eigenvalue weighted by molar-refractivity contribution is 7.89. The molecule has 4 N–H and O–H groups in total. The first-order chi connectivity index (χ1) is 8.07. The van der Waals surface area contributed by atoms with Gasteiger partial charge in [-0.05, 0) is 6.07 Å². The molecular formula is C7H5ClN2O7S. The third-order valence-electron chi connectivity index (χ3n) is 1.90. The van der Waals surface area contributed by atoms with E-state index in [0.29, 0.717) is 6.07 Å². The van der Waals surface area contributed by atoms with E-state index in [2.05, 4.69) is 0 Å². The zero-order valence-corrected chi connectivity index (χ0v) is 9.90. The molecule has 0 fully saturated rings. The fraction of sp³-hybridized carbons (Fsp3) is 0. The predicted molar refractivity (Wildman–Crippen MR) is 58.1 cm³/mol. The van der Waals surface area contributed by atoms with E-state index in [1.165, 1.54) is 0 Å². The van der Waals surface area contributed by atoms with Crippen LogP contribution in [0.15, 0.2) is 11.0 Å². The van der Waals surface area contributed by atoms with Crippen LogP contribution >= 0.6 is 11.6 Å². The molecular weight excluding hydrogens is 292 g/mol. The number of halogens is 1. The monoisotopic (exact) mass is 296 g/mol. The number of nitrogens with two attached hydrogens (primary N) is 1. The second-order valence-electron chi connectivity index (χ2n) is 3.04. The Bertz CT molecular complexity index is 654. The van der Waals surface area contributed by atoms with Crippen molar-refractivity contribution in [3.05, 3.63) is 26.8 Å². The molecule has 0 atom stereocenters. The minimum absolute atomic E-state index is 0.447. The Morgan fingerprint density at radius 2 is 2.00 bits per heavy atom. The van der Waals surface area contributed by atoms with E-state index < -0.39 is 47.8 Å². The van der Waals surface area contributed by atoms with E-state index in [9.17, 15) is 28.4 Å². The lowest BCUT2D eigenvalue weighted by atomic mass is 10.1. The number of aromatic carboxylic acids is 1. The number of carbonyl (C=O) groups is 1. The number of aromatic hydroxyl groups is 1. The van der Waals surface area contributed by atoms with Gasteiger partial charge in [-0.3, -0.25) is 10.1 Å². The molecule has 98 valence electrons. The SMILES string of the molecule is NS(=O)(=O)c1cc(C(=O)O)c(O)c([N+](=O)[O-])c1Cl. The van der Waals surface area contributed by atoms with Gasteiger partial charge in [-0.1, -0.05) is 11.6 Å². The molecule has 0 aliphatic carbocycles. The van der Waals surface area contributed by atoms with Crippen LogP contribution in [0.25, 0.3) is 0 Å². The molecule has 1 aromatic carbocycles. The topological polar surface area (TPSA) is 161 Å². The minimum atomic E-state index is -4.47. The van der Waals surface area contributed by atoms with Crippen LogP contribution in [0.2, 0.25) is 5.02 Å². The Labute approximate surface area is 105 Å². The van der Waals surface area contributed by atoms with Crippen LogP contribution in [0.1, 0.15) is 10.4 Å². The number of primary sulfonamides is 1. The fourth-order valence-corrected chi connectivity index (χ4v) is 2.31. The van der Waals surface area contributed by atoms with Gasteiger partial charge < -0.3 is 10.2 Å². The lowest BCUT2D eigenvalue weighted by Gasteiger charge is -2.07. The van der Waals surface area contributed by atoms with Crippen molar-refractivity contribution in [2.24, 2.45) is 5.14 Å². The Balaban J connectivity index is 3.90. The summed E-state index contributed by atoms with van der Waals surface area (Å²) in [7, 11) is -4.47. The van der Waals surface area contributed by atoms with Gasteiger partial charge in [0.2, 0.25) is 15.8 Å². The third-order valence-corrected chi connectivity index (χ3v) is 3.33. The molecule has 18 heavy (non-hydrogen) atoms. The smallest absolute Gasteiger partial charge is 0.339 e. The maximum absolute atomic E-state index is 11.1. The summed E-state index contributed by atoms with van der Waals surface area (Å²) in [6.07, 6.45) is 0. The quantitative estimate of drug-likeness (QED) is 0.533. The van der Waals surface area contributed by atoms with Gasteiger partial charge in [0, 0.05) is 0 Å². The number of carboxylic acid groups (broad SMARTS) is 1. The molecule has 0 saturated heterocycles. The predicted octanol–water partition coefficient (Wildman–Crippen LogP) is 0.299. The van der Waals surface area contributed by atoms with E-state index >= 15 is 0 Å². The average molecular weight is 297 g/mol. The van der Waals surface area contributed by atoms with Crippen LogP contribution < -0.4 is 5.14 Å². The molecule has 0 bridgehead atoms. The number of nitrogens with zero attached hydrogens (tertiary/aromatic N) is 1. The zero-order chi connectivity index (χ0) is 14.2. The van der Waals surface area contributed by atoms with Crippen LogP contribution in [0, 0.1) is 10.1 Å². The molecule has 0 unspecified atom stereocenters. The second-order valence-corrected chi connectivity index (χ2v) is 4.95. The summed E-state index contributed by atoms with van der Waals surface area (Å²) in [6.45, 7) is 0. The first-order valence-corrected chi connectivity index (χ1v) is 5.95. The van der Waals surface area contributed by atoms with Gasteiger partial charge in [0.15, 0.2) is 0 Å². The standard InChI is InChI=1S/C7H5ClN2O7S/c8-4-3(18(9,16)17)1-2(7(12)13)6(11)5(4)10(14)15/h1,11H,(H,12,13)(H2,9,16,17). The van der Waals surface area contributed by atoms with Gasteiger partial charge >= 0.3 is 11.7 Å². The number of nitro groups is 1. The molecule has 0 aliphatic heterocycles. The van der Waals surface area contributed by atoms with Gasteiger partial charge in [0.25, 0.3) is 0 Å². The zero-order valence-electron chi connectivity index (χ0n) is 8.32. The summed E-state index contributed by atoms with van der Waals surface area (Å²) < 4.78 is 22.2. The lowest BCUT2D eigenvalue weighted by Crippen LogP contribution is -2.15. The van der Waals surface area contributed by atoms with E-state index in [4.69, 9.17) is 21.8 Å². The molecule has 0 aliphatic rings. The molecule has 0 radical (unpaired) electrons. The first-order valence-electron chi connectivity index (χ1n) is 4.03. The van der Waals surface area contributed by atoms with E-state index in [-0.39, 0.29) is 0 Å². The largest absolute Gasteiger partial charge is 0.501 e. The Kier molecular flexibility index (Phi) is 3.46. The van der Waals surface area contributed by atoms with Crippen molar-refractivity contribution in [1.29, 1.82) is 0 Å². The summed E-state index contributed by atoms with van der Waals surface area (Å²) in [5.74, 6) is -3.01. The summed E-state index contributed by atoms with van der Waals surface area (Å²) in [6, 6.07) is 0.447. The van der Waals surface area contributed by atoms with E-state index in [1.807, 2.05) is 0 Å². The fourth-order valence-electron chi connectivity index (χ4n) is 1.15. The second kappa shape index (κ2) is 4.40. The summed E-state index contributed by atoms with van der Waals surface area (Å²) in [4.78, 5) is 19.2.